The minimum Gasteiger partial charge on any atom is -0.352 e. The average molecular weight is 366 g/mol. The maximum Gasteiger partial charge on any atom is 0.323 e. The number of amides is 3. The second-order valence-corrected chi connectivity index (χ2v) is 7.07. The Morgan fingerprint density at radius 1 is 1.07 bits per heavy atom. The van der Waals surface area contributed by atoms with Gasteiger partial charge in [0.15, 0.2) is 0 Å². The molecule has 0 aliphatic carbocycles. The van der Waals surface area contributed by atoms with Crippen LogP contribution in [0.15, 0.2) is 48.5 Å². The van der Waals surface area contributed by atoms with Crippen molar-refractivity contribution >= 4 is 23.3 Å². The van der Waals surface area contributed by atoms with Crippen molar-refractivity contribution in [3.05, 3.63) is 59.7 Å². The first kappa shape index (κ1) is 18.9. The van der Waals surface area contributed by atoms with E-state index < -0.39 is 0 Å². The van der Waals surface area contributed by atoms with Crippen molar-refractivity contribution in [2.24, 2.45) is 11.8 Å². The number of carbonyl (C=O) groups excluding carboxylic acids is 2. The molecular formula is C21H26N4O2. The van der Waals surface area contributed by atoms with E-state index in [1.165, 1.54) is 0 Å². The average Bonchev–Trinajstić information content (AvgIpc) is 2.58. The highest BCUT2D eigenvalue weighted by atomic mass is 16.2. The topological polar surface area (TPSA) is 82.3 Å². The number of benzene rings is 2. The lowest BCUT2D eigenvalue weighted by molar-refractivity contribution is -0.126. The lowest BCUT2D eigenvalue weighted by atomic mass is 9.88. The van der Waals surface area contributed by atoms with Gasteiger partial charge in [-0.25, -0.2) is 4.79 Å². The van der Waals surface area contributed by atoms with Crippen molar-refractivity contribution in [2.75, 3.05) is 23.7 Å². The lowest BCUT2D eigenvalue weighted by Crippen LogP contribution is -2.49. The van der Waals surface area contributed by atoms with Crippen LogP contribution in [0.3, 0.4) is 0 Å². The van der Waals surface area contributed by atoms with Gasteiger partial charge in [-0.2, -0.15) is 0 Å². The van der Waals surface area contributed by atoms with Crippen LogP contribution in [0.4, 0.5) is 16.2 Å². The first-order valence-corrected chi connectivity index (χ1v) is 9.23. The molecule has 2 aromatic rings. The maximum atomic E-state index is 12.2. The van der Waals surface area contributed by atoms with E-state index in [1.54, 1.807) is 0 Å². The van der Waals surface area contributed by atoms with Gasteiger partial charge in [-0.3, -0.25) is 4.79 Å². The predicted octanol–water partition coefficient (Wildman–Crippen LogP) is 3.11. The largest absolute Gasteiger partial charge is 0.352 e. The normalized spacial score (nSPS) is 14.7. The first-order chi connectivity index (χ1) is 13.0. The Balaban J connectivity index is 1.52. The number of anilines is 2. The zero-order chi connectivity index (χ0) is 19.2. The molecule has 1 saturated heterocycles. The molecule has 6 nitrogen and oxygen atoms in total. The number of rotatable bonds is 6. The molecular weight excluding hydrogens is 340 g/mol. The van der Waals surface area contributed by atoms with Crippen LogP contribution in [-0.4, -0.2) is 25.0 Å². The number of hydrogen-bond donors (Lipinski definition) is 4. The summed E-state index contributed by atoms with van der Waals surface area (Å²) in [5.41, 5.74) is 3.45. The Bertz CT molecular complexity index is 817. The van der Waals surface area contributed by atoms with Crippen molar-refractivity contribution in [1.29, 1.82) is 0 Å². The van der Waals surface area contributed by atoms with Crippen LogP contribution in [0.25, 0.3) is 0 Å². The summed E-state index contributed by atoms with van der Waals surface area (Å²) in [6.07, 6.45) is 0. The van der Waals surface area contributed by atoms with Crippen LogP contribution in [0, 0.1) is 18.8 Å². The van der Waals surface area contributed by atoms with Gasteiger partial charge in [-0.05, 0) is 61.3 Å². The molecule has 142 valence electrons. The smallest absolute Gasteiger partial charge is 0.323 e. The molecule has 6 heteroatoms. The predicted molar refractivity (Wildman–Crippen MR) is 108 cm³/mol. The van der Waals surface area contributed by atoms with Crippen LogP contribution >= 0.6 is 0 Å². The molecule has 1 heterocycles. The fourth-order valence-electron chi connectivity index (χ4n) is 3.00. The third-order valence-corrected chi connectivity index (χ3v) is 4.86. The van der Waals surface area contributed by atoms with Gasteiger partial charge < -0.3 is 21.3 Å². The molecule has 1 fully saturated rings. The molecule has 0 saturated carbocycles. The third kappa shape index (κ3) is 5.31. The van der Waals surface area contributed by atoms with Gasteiger partial charge in [0, 0.05) is 23.8 Å². The van der Waals surface area contributed by atoms with Gasteiger partial charge in [-0.1, -0.05) is 31.2 Å². The van der Waals surface area contributed by atoms with Crippen molar-refractivity contribution in [1.82, 2.24) is 10.6 Å². The molecule has 0 aromatic heterocycles. The monoisotopic (exact) mass is 366 g/mol. The highest BCUT2D eigenvalue weighted by molar-refractivity contribution is 5.99. The number of hydrogen-bond acceptors (Lipinski definition) is 3. The lowest BCUT2D eigenvalue weighted by Gasteiger charge is -2.31. The Morgan fingerprint density at radius 2 is 1.74 bits per heavy atom. The fourth-order valence-corrected chi connectivity index (χ4v) is 3.00. The minimum absolute atomic E-state index is 0.00710. The maximum absolute atomic E-state index is 12.2. The van der Waals surface area contributed by atoms with Crippen LogP contribution in [-0.2, 0) is 11.3 Å². The molecule has 0 bridgehead atoms. The SMILES string of the molecule is Cc1cccc(NC(=O)Nc2cccc(CNC(=O)C(C)C3CNC3)c2)c1. The molecule has 1 aliphatic heterocycles. The van der Waals surface area contributed by atoms with Crippen molar-refractivity contribution in [3.63, 3.8) is 0 Å². The van der Waals surface area contributed by atoms with Crippen LogP contribution < -0.4 is 21.3 Å². The second-order valence-electron chi connectivity index (χ2n) is 7.07. The van der Waals surface area contributed by atoms with E-state index in [1.807, 2.05) is 62.4 Å². The molecule has 27 heavy (non-hydrogen) atoms. The van der Waals surface area contributed by atoms with Crippen molar-refractivity contribution in [3.8, 4) is 0 Å². The van der Waals surface area contributed by atoms with E-state index in [-0.39, 0.29) is 17.9 Å². The first-order valence-electron chi connectivity index (χ1n) is 9.23. The molecule has 3 amide bonds. The molecule has 1 atom stereocenters. The van der Waals surface area contributed by atoms with E-state index in [4.69, 9.17) is 0 Å². The standard InChI is InChI=1S/C21H26N4O2/c1-14-5-3-7-18(9-14)24-21(27)25-19-8-4-6-16(10-19)11-23-20(26)15(2)17-12-22-13-17/h3-10,15,17,22H,11-13H2,1-2H3,(H,23,26)(H2,24,25,27). The summed E-state index contributed by atoms with van der Waals surface area (Å²) in [5, 5.41) is 11.8. The molecule has 1 aliphatic rings. The van der Waals surface area contributed by atoms with Gasteiger partial charge in [0.05, 0.1) is 0 Å². The molecule has 3 rings (SSSR count). The van der Waals surface area contributed by atoms with Gasteiger partial charge in [0.1, 0.15) is 0 Å². The summed E-state index contributed by atoms with van der Waals surface area (Å²) in [6.45, 7) is 6.20. The van der Waals surface area contributed by atoms with Gasteiger partial charge in [0.2, 0.25) is 5.91 Å². The third-order valence-electron chi connectivity index (χ3n) is 4.86. The number of aryl methyl sites for hydroxylation is 1. The summed E-state index contributed by atoms with van der Waals surface area (Å²) < 4.78 is 0. The highest BCUT2D eigenvalue weighted by Gasteiger charge is 2.28. The summed E-state index contributed by atoms with van der Waals surface area (Å²) in [6, 6.07) is 14.8. The summed E-state index contributed by atoms with van der Waals surface area (Å²) in [5.74, 6) is 0.494. The highest BCUT2D eigenvalue weighted by Crippen LogP contribution is 2.17. The summed E-state index contributed by atoms with van der Waals surface area (Å²) in [7, 11) is 0. The van der Waals surface area contributed by atoms with Crippen LogP contribution in [0.5, 0.6) is 0 Å². The van der Waals surface area contributed by atoms with Gasteiger partial charge in [-0.15, -0.1) is 0 Å². The molecule has 1 unspecified atom stereocenters. The molecule has 0 radical (unpaired) electrons. The van der Waals surface area contributed by atoms with E-state index in [2.05, 4.69) is 21.3 Å². The molecule has 4 N–H and O–H groups in total. The second kappa shape index (κ2) is 8.68. The quantitative estimate of drug-likeness (QED) is 0.634. The number of carbonyl (C=O) groups is 2. The summed E-state index contributed by atoms with van der Waals surface area (Å²) >= 11 is 0. The Morgan fingerprint density at radius 3 is 2.37 bits per heavy atom. The summed E-state index contributed by atoms with van der Waals surface area (Å²) in [4.78, 5) is 24.4. The van der Waals surface area contributed by atoms with Crippen molar-refractivity contribution in [2.45, 2.75) is 20.4 Å². The Hall–Kier alpha value is -2.86. The van der Waals surface area contributed by atoms with Crippen molar-refractivity contribution < 1.29 is 9.59 Å². The molecule has 2 aromatic carbocycles. The van der Waals surface area contributed by atoms with Gasteiger partial charge in [0.25, 0.3) is 0 Å². The zero-order valence-electron chi connectivity index (χ0n) is 15.7. The number of urea groups is 1. The number of nitrogens with one attached hydrogen (secondary N) is 4. The Labute approximate surface area is 159 Å². The van der Waals surface area contributed by atoms with Crippen LogP contribution in [0.2, 0.25) is 0 Å². The van der Waals surface area contributed by atoms with Gasteiger partial charge >= 0.3 is 6.03 Å². The Kier molecular flexibility index (Phi) is 6.08. The van der Waals surface area contributed by atoms with Crippen LogP contribution in [0.1, 0.15) is 18.1 Å². The minimum atomic E-state index is -0.298. The van der Waals surface area contributed by atoms with E-state index in [0.29, 0.717) is 18.2 Å². The van der Waals surface area contributed by atoms with E-state index >= 15 is 0 Å². The van der Waals surface area contributed by atoms with E-state index in [0.717, 1.165) is 29.9 Å². The zero-order valence-corrected chi connectivity index (χ0v) is 15.7. The fraction of sp³-hybridized carbons (Fsp3) is 0.333. The van der Waals surface area contributed by atoms with E-state index in [9.17, 15) is 9.59 Å². The molecule has 0 spiro atoms.